The van der Waals surface area contributed by atoms with Gasteiger partial charge in [0.05, 0.1) is 11.8 Å². The summed E-state index contributed by atoms with van der Waals surface area (Å²) >= 11 is 0. The molecule has 0 unspecified atom stereocenters. The number of carbonyl (C=O) groups is 1. The molecule has 1 heterocycles. The lowest BCUT2D eigenvalue weighted by atomic mass is 9.94. The number of hydrogen-bond donors (Lipinski definition) is 1. The van der Waals surface area contributed by atoms with Gasteiger partial charge in [0.25, 0.3) is 0 Å². The Balaban J connectivity index is 1.54. The van der Waals surface area contributed by atoms with Gasteiger partial charge in [0.2, 0.25) is 15.9 Å². The zero-order valence-electron chi connectivity index (χ0n) is 17.5. The van der Waals surface area contributed by atoms with E-state index in [-0.39, 0.29) is 35.3 Å². The van der Waals surface area contributed by atoms with Crippen LogP contribution in [0.5, 0.6) is 0 Å². The first-order valence-electron chi connectivity index (χ1n) is 10.4. The number of nitrogens with one attached hydrogen (secondary N) is 1. The molecule has 0 spiro atoms. The lowest BCUT2D eigenvalue weighted by Gasteiger charge is -2.36. The van der Waals surface area contributed by atoms with Crippen LogP contribution in [-0.2, 0) is 14.8 Å². The van der Waals surface area contributed by atoms with E-state index in [1.165, 1.54) is 18.2 Å². The maximum atomic E-state index is 14.4. The van der Waals surface area contributed by atoms with Gasteiger partial charge >= 0.3 is 0 Å². The van der Waals surface area contributed by atoms with Gasteiger partial charge in [0, 0.05) is 25.0 Å². The van der Waals surface area contributed by atoms with Crippen LogP contribution in [0.1, 0.15) is 31.2 Å². The molecule has 1 aliphatic carbocycles. The molecule has 0 aromatic heterocycles. The lowest BCUT2D eigenvalue weighted by molar-refractivity contribution is -0.134. The molecule has 1 N–H and O–H groups in total. The van der Waals surface area contributed by atoms with Gasteiger partial charge in [-0.1, -0.05) is 37.3 Å². The summed E-state index contributed by atoms with van der Waals surface area (Å²) in [5.74, 6) is -1.48. The Morgan fingerprint density at radius 3 is 2.39 bits per heavy atom. The fourth-order valence-corrected chi connectivity index (χ4v) is 5.55. The molecular weight excluding hydrogens is 422 g/mol. The van der Waals surface area contributed by atoms with Crippen molar-refractivity contribution in [3.8, 4) is 11.1 Å². The van der Waals surface area contributed by atoms with E-state index in [1.807, 2.05) is 19.1 Å². The number of carbonyl (C=O) groups excluding carboxylic acids is 1. The predicted octanol–water partition coefficient (Wildman–Crippen LogP) is 3.52. The summed E-state index contributed by atoms with van der Waals surface area (Å²) in [6, 6.07) is 10.5. The van der Waals surface area contributed by atoms with Crippen LogP contribution in [0.4, 0.5) is 8.78 Å². The zero-order valence-corrected chi connectivity index (χ0v) is 18.3. The third-order valence-electron chi connectivity index (χ3n) is 6.05. The van der Waals surface area contributed by atoms with Crippen molar-refractivity contribution in [1.29, 1.82) is 0 Å². The van der Waals surface area contributed by atoms with Gasteiger partial charge in [-0.2, -0.15) is 0 Å². The van der Waals surface area contributed by atoms with E-state index in [9.17, 15) is 22.0 Å². The quantitative estimate of drug-likeness (QED) is 0.761. The number of likely N-dealkylation sites (tertiary alicyclic amines) is 1. The first-order chi connectivity index (χ1) is 14.6. The van der Waals surface area contributed by atoms with Crippen LogP contribution in [0.3, 0.4) is 0 Å². The summed E-state index contributed by atoms with van der Waals surface area (Å²) in [6.45, 7) is 2.91. The summed E-state index contributed by atoms with van der Waals surface area (Å²) in [5, 5.41) is 0. The number of amides is 1. The standard InChI is InChI=1S/C23H26F2N2O3S/c1-14-10-15(26-31(2,29)30)13-27(12-14)23(28)19-11-18(19)16-6-3-4-7-17(16)22-20(24)8-5-9-21(22)25/h3-9,14-15,18-19,26H,10-13H2,1-2H3/t14-,15+,18-,19+/m0/s1. The molecule has 166 valence electrons. The molecule has 4 atom stereocenters. The van der Waals surface area contributed by atoms with E-state index in [4.69, 9.17) is 0 Å². The molecule has 5 nitrogen and oxygen atoms in total. The summed E-state index contributed by atoms with van der Waals surface area (Å²) in [6.07, 6.45) is 2.41. The number of piperidine rings is 1. The van der Waals surface area contributed by atoms with Crippen LogP contribution in [0, 0.1) is 23.5 Å². The Morgan fingerprint density at radius 2 is 1.71 bits per heavy atom. The summed E-state index contributed by atoms with van der Waals surface area (Å²) in [4.78, 5) is 14.9. The second-order valence-electron chi connectivity index (χ2n) is 8.80. The Hall–Kier alpha value is -2.32. The molecule has 2 aromatic carbocycles. The molecule has 4 rings (SSSR count). The Kier molecular flexibility index (Phi) is 5.87. The van der Waals surface area contributed by atoms with E-state index < -0.39 is 21.7 Å². The smallest absolute Gasteiger partial charge is 0.226 e. The third kappa shape index (κ3) is 4.80. The number of halogens is 2. The van der Waals surface area contributed by atoms with Gasteiger partial charge in [0.15, 0.2) is 0 Å². The van der Waals surface area contributed by atoms with Crippen molar-refractivity contribution in [1.82, 2.24) is 9.62 Å². The molecule has 2 aromatic rings. The van der Waals surface area contributed by atoms with Crippen molar-refractivity contribution in [2.75, 3.05) is 19.3 Å². The van der Waals surface area contributed by atoms with Gasteiger partial charge < -0.3 is 4.90 Å². The van der Waals surface area contributed by atoms with Gasteiger partial charge in [-0.05, 0) is 47.9 Å². The number of hydrogen-bond acceptors (Lipinski definition) is 3. The largest absolute Gasteiger partial charge is 0.341 e. The van der Waals surface area contributed by atoms with Crippen molar-refractivity contribution in [3.63, 3.8) is 0 Å². The monoisotopic (exact) mass is 448 g/mol. The minimum Gasteiger partial charge on any atom is -0.341 e. The SMILES string of the molecule is C[C@H]1C[C@@H](NS(C)(=O)=O)CN(C(=O)[C@@H]2C[C@H]2c2ccccc2-c2c(F)cccc2F)C1. The second-order valence-corrected chi connectivity index (χ2v) is 10.6. The molecule has 0 radical (unpaired) electrons. The van der Waals surface area contributed by atoms with E-state index in [0.29, 0.717) is 31.5 Å². The molecule has 0 bridgehead atoms. The topological polar surface area (TPSA) is 66.5 Å². The fraction of sp³-hybridized carbons (Fsp3) is 0.435. The Bertz CT molecular complexity index is 1090. The first kappa shape index (κ1) is 21.9. The maximum absolute atomic E-state index is 14.4. The molecule has 2 fully saturated rings. The van der Waals surface area contributed by atoms with E-state index >= 15 is 0 Å². The first-order valence-corrected chi connectivity index (χ1v) is 12.3. The van der Waals surface area contributed by atoms with E-state index in [0.717, 1.165) is 11.8 Å². The molecule has 1 amide bonds. The fourth-order valence-electron chi connectivity index (χ4n) is 4.77. The summed E-state index contributed by atoms with van der Waals surface area (Å²) < 4.78 is 54.6. The number of rotatable bonds is 5. The highest BCUT2D eigenvalue weighted by atomic mass is 32.2. The minimum absolute atomic E-state index is 0.0272. The predicted molar refractivity (Wildman–Crippen MR) is 115 cm³/mol. The molecule has 2 aliphatic rings. The van der Waals surface area contributed by atoms with Crippen molar-refractivity contribution in [3.05, 3.63) is 59.7 Å². The van der Waals surface area contributed by atoms with Crippen molar-refractivity contribution >= 4 is 15.9 Å². The van der Waals surface area contributed by atoms with Crippen LogP contribution in [-0.4, -0.2) is 44.6 Å². The van der Waals surface area contributed by atoms with Gasteiger partial charge in [0.1, 0.15) is 11.6 Å². The van der Waals surface area contributed by atoms with Crippen LogP contribution in [0.25, 0.3) is 11.1 Å². The van der Waals surface area contributed by atoms with Crippen LogP contribution >= 0.6 is 0 Å². The molecular formula is C23H26F2N2O3S. The number of sulfonamides is 1. The van der Waals surface area contributed by atoms with Gasteiger partial charge in [-0.25, -0.2) is 21.9 Å². The highest BCUT2D eigenvalue weighted by Crippen LogP contribution is 2.51. The minimum atomic E-state index is -3.36. The average molecular weight is 449 g/mol. The summed E-state index contributed by atoms with van der Waals surface area (Å²) in [5.41, 5.74) is 1.17. The van der Waals surface area contributed by atoms with Crippen molar-refractivity contribution in [2.24, 2.45) is 11.8 Å². The maximum Gasteiger partial charge on any atom is 0.226 e. The highest BCUT2D eigenvalue weighted by Gasteiger charge is 2.47. The molecule has 31 heavy (non-hydrogen) atoms. The second kappa shape index (κ2) is 8.31. The van der Waals surface area contributed by atoms with Crippen molar-refractivity contribution < 1.29 is 22.0 Å². The van der Waals surface area contributed by atoms with Crippen LogP contribution < -0.4 is 4.72 Å². The molecule has 8 heteroatoms. The highest BCUT2D eigenvalue weighted by molar-refractivity contribution is 7.88. The third-order valence-corrected chi connectivity index (χ3v) is 6.81. The average Bonchev–Trinajstić information content (AvgIpc) is 3.46. The van der Waals surface area contributed by atoms with Gasteiger partial charge in [-0.3, -0.25) is 4.79 Å². The Labute approximate surface area is 181 Å². The zero-order chi connectivity index (χ0) is 22.3. The van der Waals surface area contributed by atoms with Crippen molar-refractivity contribution in [2.45, 2.75) is 31.7 Å². The van der Waals surface area contributed by atoms with Gasteiger partial charge in [-0.15, -0.1) is 0 Å². The van der Waals surface area contributed by atoms with Crippen LogP contribution in [0.15, 0.2) is 42.5 Å². The Morgan fingerprint density at radius 1 is 1.03 bits per heavy atom. The number of nitrogens with zero attached hydrogens (tertiary/aromatic N) is 1. The summed E-state index contributed by atoms with van der Waals surface area (Å²) in [7, 11) is -3.36. The molecule has 1 aliphatic heterocycles. The van der Waals surface area contributed by atoms with E-state index in [1.54, 1.807) is 17.0 Å². The van der Waals surface area contributed by atoms with E-state index in [2.05, 4.69) is 4.72 Å². The van der Waals surface area contributed by atoms with Crippen LogP contribution in [0.2, 0.25) is 0 Å². The number of benzene rings is 2. The normalized spacial score (nSPS) is 26.0. The molecule has 1 saturated heterocycles. The molecule has 1 saturated carbocycles. The lowest BCUT2D eigenvalue weighted by Crippen LogP contribution is -2.52.